The van der Waals surface area contributed by atoms with Crippen LogP contribution in [-0.2, 0) is 0 Å². The number of anilines is 1. The Labute approximate surface area is 88.6 Å². The van der Waals surface area contributed by atoms with Gasteiger partial charge in [0.25, 0.3) is 0 Å². The monoisotopic (exact) mass is 209 g/mol. The standard InChI is InChI=1S/C10H15N3S/c1-2-4-11-10-12-5-6-13(10)9-3-7-14-8-9/h2,5-6,9H,1,3-4,7-8H2,(H,11,12). The van der Waals surface area contributed by atoms with Gasteiger partial charge in [-0.25, -0.2) is 4.98 Å². The van der Waals surface area contributed by atoms with E-state index in [-0.39, 0.29) is 0 Å². The van der Waals surface area contributed by atoms with Crippen molar-refractivity contribution >= 4 is 17.7 Å². The molecule has 2 rings (SSSR count). The van der Waals surface area contributed by atoms with Gasteiger partial charge in [-0.2, -0.15) is 11.8 Å². The molecule has 0 bridgehead atoms. The lowest BCUT2D eigenvalue weighted by Crippen LogP contribution is -2.12. The van der Waals surface area contributed by atoms with Crippen molar-refractivity contribution in [3.63, 3.8) is 0 Å². The maximum Gasteiger partial charge on any atom is 0.203 e. The summed E-state index contributed by atoms with van der Waals surface area (Å²) in [5.74, 6) is 3.44. The van der Waals surface area contributed by atoms with E-state index in [1.807, 2.05) is 24.0 Å². The molecule has 0 aromatic carbocycles. The lowest BCUT2D eigenvalue weighted by molar-refractivity contribution is 0.565. The lowest BCUT2D eigenvalue weighted by atomic mass is 10.2. The third kappa shape index (κ3) is 1.95. The number of imidazole rings is 1. The van der Waals surface area contributed by atoms with E-state index in [0.717, 1.165) is 12.5 Å². The van der Waals surface area contributed by atoms with Crippen LogP contribution < -0.4 is 5.32 Å². The van der Waals surface area contributed by atoms with E-state index < -0.39 is 0 Å². The maximum absolute atomic E-state index is 4.29. The molecule has 1 N–H and O–H groups in total. The van der Waals surface area contributed by atoms with Gasteiger partial charge >= 0.3 is 0 Å². The Morgan fingerprint density at radius 1 is 1.79 bits per heavy atom. The first-order valence-electron chi connectivity index (χ1n) is 4.87. The van der Waals surface area contributed by atoms with Gasteiger partial charge in [-0.1, -0.05) is 6.08 Å². The van der Waals surface area contributed by atoms with Crippen LogP contribution in [0.15, 0.2) is 25.0 Å². The molecular formula is C10H15N3S. The van der Waals surface area contributed by atoms with E-state index in [9.17, 15) is 0 Å². The first-order valence-corrected chi connectivity index (χ1v) is 6.02. The maximum atomic E-state index is 4.29. The highest BCUT2D eigenvalue weighted by Gasteiger charge is 2.19. The second-order valence-corrected chi connectivity index (χ2v) is 4.49. The normalized spacial score (nSPS) is 21.0. The highest BCUT2D eigenvalue weighted by Crippen LogP contribution is 2.29. The minimum absolute atomic E-state index is 0.620. The molecule has 2 heterocycles. The largest absolute Gasteiger partial charge is 0.352 e. The predicted octanol–water partition coefficient (Wildman–Crippen LogP) is 2.16. The SMILES string of the molecule is C=CCNc1nccn1C1CCSC1. The number of rotatable bonds is 4. The highest BCUT2D eigenvalue weighted by atomic mass is 32.2. The summed E-state index contributed by atoms with van der Waals surface area (Å²) in [6.45, 7) is 4.46. The van der Waals surface area contributed by atoms with Crippen molar-refractivity contribution < 1.29 is 0 Å². The average Bonchev–Trinajstić information content (AvgIpc) is 2.84. The van der Waals surface area contributed by atoms with Gasteiger partial charge in [0.05, 0.1) is 0 Å². The van der Waals surface area contributed by atoms with E-state index in [1.54, 1.807) is 0 Å². The topological polar surface area (TPSA) is 29.9 Å². The molecular weight excluding hydrogens is 194 g/mol. The Morgan fingerprint density at radius 3 is 3.43 bits per heavy atom. The molecule has 14 heavy (non-hydrogen) atoms. The van der Waals surface area contributed by atoms with Gasteiger partial charge in [0.2, 0.25) is 5.95 Å². The molecule has 1 atom stereocenters. The molecule has 4 heteroatoms. The highest BCUT2D eigenvalue weighted by molar-refractivity contribution is 7.99. The van der Waals surface area contributed by atoms with Crippen molar-refractivity contribution in [3.8, 4) is 0 Å². The number of aromatic nitrogens is 2. The first-order chi connectivity index (χ1) is 6.92. The predicted molar refractivity (Wildman–Crippen MR) is 61.9 cm³/mol. The van der Waals surface area contributed by atoms with Crippen LogP contribution in [0.4, 0.5) is 5.95 Å². The second-order valence-electron chi connectivity index (χ2n) is 3.35. The number of nitrogens with one attached hydrogen (secondary N) is 1. The van der Waals surface area contributed by atoms with Crippen LogP contribution in [0.25, 0.3) is 0 Å². The van der Waals surface area contributed by atoms with Gasteiger partial charge in [0, 0.05) is 30.7 Å². The van der Waals surface area contributed by atoms with Crippen molar-refractivity contribution in [2.75, 3.05) is 23.4 Å². The number of hydrogen-bond donors (Lipinski definition) is 1. The summed E-state index contributed by atoms with van der Waals surface area (Å²) >= 11 is 2.02. The van der Waals surface area contributed by atoms with Gasteiger partial charge < -0.3 is 9.88 Å². The van der Waals surface area contributed by atoms with Crippen LogP contribution in [0, 0.1) is 0 Å². The fourth-order valence-corrected chi connectivity index (χ4v) is 2.85. The first kappa shape index (κ1) is 9.65. The molecule has 1 unspecified atom stereocenters. The molecule has 1 fully saturated rings. The molecule has 1 aromatic rings. The van der Waals surface area contributed by atoms with E-state index in [1.165, 1.54) is 17.9 Å². The van der Waals surface area contributed by atoms with Gasteiger partial charge in [-0.05, 0) is 12.2 Å². The fraction of sp³-hybridized carbons (Fsp3) is 0.500. The van der Waals surface area contributed by atoms with Crippen LogP contribution in [0.1, 0.15) is 12.5 Å². The van der Waals surface area contributed by atoms with Crippen LogP contribution in [0.3, 0.4) is 0 Å². The van der Waals surface area contributed by atoms with Crippen molar-refractivity contribution in [1.82, 2.24) is 9.55 Å². The number of thioether (sulfide) groups is 1. The van der Waals surface area contributed by atoms with E-state index in [2.05, 4.69) is 27.6 Å². The zero-order chi connectivity index (χ0) is 9.80. The summed E-state index contributed by atoms with van der Waals surface area (Å²) in [4.78, 5) is 4.29. The number of hydrogen-bond acceptors (Lipinski definition) is 3. The van der Waals surface area contributed by atoms with E-state index >= 15 is 0 Å². The van der Waals surface area contributed by atoms with Crippen LogP contribution in [0.5, 0.6) is 0 Å². The summed E-state index contributed by atoms with van der Waals surface area (Å²) in [6, 6.07) is 0.620. The Balaban J connectivity index is 2.07. The Bertz CT molecular complexity index is 302. The van der Waals surface area contributed by atoms with E-state index in [4.69, 9.17) is 0 Å². The molecule has 1 aromatic heterocycles. The van der Waals surface area contributed by atoms with Gasteiger partial charge in [-0.15, -0.1) is 6.58 Å². The molecule has 0 saturated carbocycles. The van der Waals surface area contributed by atoms with Crippen molar-refractivity contribution in [3.05, 3.63) is 25.0 Å². The van der Waals surface area contributed by atoms with Crippen molar-refractivity contribution in [2.24, 2.45) is 0 Å². The van der Waals surface area contributed by atoms with E-state index in [0.29, 0.717) is 6.04 Å². The minimum atomic E-state index is 0.620. The third-order valence-electron chi connectivity index (χ3n) is 2.37. The summed E-state index contributed by atoms with van der Waals surface area (Å²) in [5.41, 5.74) is 0. The number of nitrogens with zero attached hydrogens (tertiary/aromatic N) is 2. The molecule has 0 aliphatic carbocycles. The quantitative estimate of drug-likeness (QED) is 0.771. The third-order valence-corrected chi connectivity index (χ3v) is 3.52. The smallest absolute Gasteiger partial charge is 0.203 e. The summed E-state index contributed by atoms with van der Waals surface area (Å²) in [6.07, 6.45) is 7.02. The minimum Gasteiger partial charge on any atom is -0.352 e. The Morgan fingerprint density at radius 2 is 2.71 bits per heavy atom. The zero-order valence-corrected chi connectivity index (χ0v) is 8.96. The van der Waals surface area contributed by atoms with Crippen molar-refractivity contribution in [2.45, 2.75) is 12.5 Å². The van der Waals surface area contributed by atoms with Crippen LogP contribution in [0.2, 0.25) is 0 Å². The van der Waals surface area contributed by atoms with Gasteiger partial charge in [0.1, 0.15) is 0 Å². The summed E-state index contributed by atoms with van der Waals surface area (Å²) < 4.78 is 2.24. The Kier molecular flexibility index (Phi) is 3.14. The lowest BCUT2D eigenvalue weighted by Gasteiger charge is -2.14. The Hall–Kier alpha value is -0.900. The van der Waals surface area contributed by atoms with Crippen molar-refractivity contribution in [1.29, 1.82) is 0 Å². The van der Waals surface area contributed by atoms with Gasteiger partial charge in [0.15, 0.2) is 0 Å². The molecule has 1 aliphatic heterocycles. The molecule has 0 spiro atoms. The average molecular weight is 209 g/mol. The second kappa shape index (κ2) is 4.55. The molecule has 0 radical (unpaired) electrons. The molecule has 1 aliphatic rings. The zero-order valence-electron chi connectivity index (χ0n) is 8.15. The molecule has 1 saturated heterocycles. The summed E-state index contributed by atoms with van der Waals surface area (Å²) in [7, 11) is 0. The molecule has 76 valence electrons. The fourth-order valence-electron chi connectivity index (χ4n) is 1.65. The van der Waals surface area contributed by atoms with Crippen LogP contribution in [-0.4, -0.2) is 27.6 Å². The van der Waals surface area contributed by atoms with Crippen LogP contribution >= 0.6 is 11.8 Å². The molecule has 0 amide bonds. The summed E-state index contributed by atoms with van der Waals surface area (Å²) in [5, 5.41) is 3.24. The molecule has 3 nitrogen and oxygen atoms in total. The van der Waals surface area contributed by atoms with Gasteiger partial charge in [-0.3, -0.25) is 0 Å².